The molecular weight excluding hydrogens is 390 g/mol. The molecule has 0 saturated heterocycles. The molecule has 0 radical (unpaired) electrons. The molecule has 0 bridgehead atoms. The van der Waals surface area contributed by atoms with E-state index in [4.69, 9.17) is 4.74 Å². The monoisotopic (exact) mass is 405 g/mol. The molecule has 25 heavy (non-hydrogen) atoms. The summed E-state index contributed by atoms with van der Waals surface area (Å²) in [5.74, 6) is 0.205. The molecule has 0 aliphatic carbocycles. The van der Waals surface area contributed by atoms with Crippen molar-refractivity contribution in [2.75, 3.05) is 0 Å². The van der Waals surface area contributed by atoms with Crippen LogP contribution in [0.15, 0.2) is 58.1 Å². The van der Waals surface area contributed by atoms with Gasteiger partial charge in [-0.05, 0) is 42.3 Å². The van der Waals surface area contributed by atoms with E-state index < -0.39 is 11.0 Å². The minimum absolute atomic E-state index is 0.00495. The van der Waals surface area contributed by atoms with Crippen molar-refractivity contribution in [2.24, 2.45) is 5.10 Å². The molecule has 2 aromatic carbocycles. The summed E-state index contributed by atoms with van der Waals surface area (Å²) < 4.78 is 6.52. The summed E-state index contributed by atoms with van der Waals surface area (Å²) in [6.45, 7) is 1.84. The molecule has 8 heteroatoms. The van der Waals surface area contributed by atoms with Gasteiger partial charge in [-0.2, -0.15) is 5.10 Å². The van der Waals surface area contributed by atoms with Crippen LogP contribution in [0.2, 0.25) is 0 Å². The summed E-state index contributed by atoms with van der Waals surface area (Å²) in [5.41, 5.74) is 3.04. The molecular formula is C17H16BrN3O4. The summed E-state index contributed by atoms with van der Waals surface area (Å²) in [7, 11) is 0. The Kier molecular flexibility index (Phi) is 6.64. The van der Waals surface area contributed by atoms with Gasteiger partial charge < -0.3 is 4.74 Å². The lowest BCUT2D eigenvalue weighted by molar-refractivity contribution is -0.384. The van der Waals surface area contributed by atoms with Crippen LogP contribution in [-0.2, 0) is 4.79 Å². The Morgan fingerprint density at radius 1 is 1.36 bits per heavy atom. The van der Waals surface area contributed by atoms with Crippen molar-refractivity contribution in [1.82, 2.24) is 5.43 Å². The van der Waals surface area contributed by atoms with Crippen LogP contribution in [0.3, 0.4) is 0 Å². The van der Waals surface area contributed by atoms with Gasteiger partial charge in [0.25, 0.3) is 11.6 Å². The van der Waals surface area contributed by atoms with E-state index in [0.717, 1.165) is 4.47 Å². The number of halogens is 1. The highest BCUT2D eigenvalue weighted by atomic mass is 79.9. The summed E-state index contributed by atoms with van der Waals surface area (Å²) in [6, 6.07) is 13.0. The Bertz CT molecular complexity index is 778. The van der Waals surface area contributed by atoms with E-state index in [2.05, 4.69) is 26.5 Å². The number of nitro benzene ring substituents is 1. The van der Waals surface area contributed by atoms with Crippen molar-refractivity contribution in [1.29, 1.82) is 0 Å². The summed E-state index contributed by atoms with van der Waals surface area (Å²) in [5, 5.41) is 14.5. The Morgan fingerprint density at radius 2 is 2.08 bits per heavy atom. The molecule has 0 aliphatic rings. The predicted octanol–water partition coefficient (Wildman–Crippen LogP) is 3.67. The normalized spacial score (nSPS) is 11.9. The third kappa shape index (κ3) is 5.68. The first kappa shape index (κ1) is 18.6. The van der Waals surface area contributed by atoms with Crippen LogP contribution >= 0.6 is 15.9 Å². The van der Waals surface area contributed by atoms with E-state index in [1.165, 1.54) is 18.3 Å². The largest absolute Gasteiger partial charge is 0.481 e. The second-order valence-corrected chi connectivity index (χ2v) is 5.97. The third-order valence-corrected chi connectivity index (χ3v) is 3.72. The Labute approximate surface area is 153 Å². The lowest BCUT2D eigenvalue weighted by atomic mass is 10.2. The van der Waals surface area contributed by atoms with Gasteiger partial charge >= 0.3 is 0 Å². The fourth-order valence-electron chi connectivity index (χ4n) is 1.95. The SMILES string of the molecule is CC[C@@H](Oc1cccc(Br)c1)C(=O)N/N=C\c1ccc([N+](=O)[O-])cc1. The summed E-state index contributed by atoms with van der Waals surface area (Å²) in [6.07, 6.45) is 1.21. The third-order valence-electron chi connectivity index (χ3n) is 3.23. The fraction of sp³-hybridized carbons (Fsp3) is 0.176. The smallest absolute Gasteiger partial charge is 0.281 e. The van der Waals surface area contributed by atoms with Crippen LogP contribution < -0.4 is 10.2 Å². The second-order valence-electron chi connectivity index (χ2n) is 5.06. The van der Waals surface area contributed by atoms with Gasteiger partial charge in [-0.1, -0.05) is 28.9 Å². The molecule has 0 aliphatic heterocycles. The highest BCUT2D eigenvalue weighted by Gasteiger charge is 2.17. The Hall–Kier alpha value is -2.74. The van der Waals surface area contributed by atoms with E-state index in [1.54, 1.807) is 24.3 Å². The maximum absolute atomic E-state index is 12.1. The van der Waals surface area contributed by atoms with E-state index in [0.29, 0.717) is 17.7 Å². The number of hydrazone groups is 1. The molecule has 1 amide bonds. The number of nitrogens with one attached hydrogen (secondary N) is 1. The van der Waals surface area contributed by atoms with E-state index >= 15 is 0 Å². The number of non-ortho nitro benzene ring substituents is 1. The van der Waals surface area contributed by atoms with Crippen molar-refractivity contribution in [3.63, 3.8) is 0 Å². The lowest BCUT2D eigenvalue weighted by Gasteiger charge is -2.15. The van der Waals surface area contributed by atoms with E-state index in [9.17, 15) is 14.9 Å². The first-order valence-electron chi connectivity index (χ1n) is 7.49. The van der Waals surface area contributed by atoms with Gasteiger partial charge in [0.2, 0.25) is 0 Å². The topological polar surface area (TPSA) is 93.8 Å². The zero-order chi connectivity index (χ0) is 18.2. The van der Waals surface area contributed by atoms with E-state index in [1.807, 2.05) is 19.1 Å². The predicted molar refractivity (Wildman–Crippen MR) is 97.7 cm³/mol. The molecule has 0 spiro atoms. The van der Waals surface area contributed by atoms with Crippen LogP contribution in [0.5, 0.6) is 5.75 Å². The van der Waals surface area contributed by atoms with Gasteiger partial charge in [0, 0.05) is 16.6 Å². The number of ether oxygens (including phenoxy) is 1. The van der Waals surface area contributed by atoms with Crippen LogP contribution in [0, 0.1) is 10.1 Å². The lowest BCUT2D eigenvalue weighted by Crippen LogP contribution is -2.35. The minimum atomic E-state index is -0.677. The first-order chi connectivity index (χ1) is 12.0. The molecule has 0 aromatic heterocycles. The minimum Gasteiger partial charge on any atom is -0.481 e. The maximum atomic E-state index is 12.1. The molecule has 130 valence electrons. The Balaban J connectivity index is 1.93. The number of benzene rings is 2. The second kappa shape index (κ2) is 8.93. The van der Waals surface area contributed by atoms with Gasteiger partial charge in [-0.3, -0.25) is 14.9 Å². The molecule has 0 heterocycles. The number of nitro groups is 1. The van der Waals surface area contributed by atoms with Crippen LogP contribution in [-0.4, -0.2) is 23.1 Å². The number of hydrogen-bond acceptors (Lipinski definition) is 5. The van der Waals surface area contributed by atoms with Gasteiger partial charge in [0.1, 0.15) is 5.75 Å². The number of carbonyl (C=O) groups is 1. The number of rotatable bonds is 7. The number of amides is 1. The van der Waals surface area contributed by atoms with Crippen LogP contribution in [0.4, 0.5) is 5.69 Å². The summed E-state index contributed by atoms with van der Waals surface area (Å²) in [4.78, 5) is 22.3. The molecule has 1 N–H and O–H groups in total. The highest BCUT2D eigenvalue weighted by molar-refractivity contribution is 9.10. The average molecular weight is 406 g/mol. The summed E-state index contributed by atoms with van der Waals surface area (Å²) >= 11 is 3.35. The van der Waals surface area contributed by atoms with Crippen molar-refractivity contribution in [2.45, 2.75) is 19.4 Å². The molecule has 0 saturated carbocycles. The van der Waals surface area contributed by atoms with Crippen molar-refractivity contribution in [3.8, 4) is 5.75 Å². The van der Waals surface area contributed by atoms with Gasteiger partial charge in [0.15, 0.2) is 6.10 Å². The molecule has 2 rings (SSSR count). The zero-order valence-electron chi connectivity index (χ0n) is 13.4. The van der Waals surface area contributed by atoms with Gasteiger partial charge in [0.05, 0.1) is 11.1 Å². The van der Waals surface area contributed by atoms with Crippen molar-refractivity contribution in [3.05, 3.63) is 68.7 Å². The average Bonchev–Trinajstić information content (AvgIpc) is 2.60. The first-order valence-corrected chi connectivity index (χ1v) is 8.28. The van der Waals surface area contributed by atoms with Crippen LogP contribution in [0.1, 0.15) is 18.9 Å². The maximum Gasteiger partial charge on any atom is 0.281 e. The van der Waals surface area contributed by atoms with Crippen molar-refractivity contribution < 1.29 is 14.5 Å². The number of nitrogens with zero attached hydrogens (tertiary/aromatic N) is 2. The number of hydrogen-bond donors (Lipinski definition) is 1. The molecule has 1 atom stereocenters. The molecule has 7 nitrogen and oxygen atoms in total. The molecule has 0 fully saturated rings. The van der Waals surface area contributed by atoms with Crippen LogP contribution in [0.25, 0.3) is 0 Å². The quantitative estimate of drug-likeness (QED) is 0.431. The van der Waals surface area contributed by atoms with Gasteiger partial charge in [-0.15, -0.1) is 0 Å². The van der Waals surface area contributed by atoms with Crippen molar-refractivity contribution >= 4 is 33.7 Å². The standard InChI is InChI=1S/C17H16BrN3O4/c1-2-16(25-15-5-3-4-13(18)10-15)17(22)20-19-11-12-6-8-14(9-7-12)21(23)24/h3-11,16H,2H2,1H3,(H,20,22)/b19-11-/t16-/m1/s1. The molecule has 2 aromatic rings. The highest BCUT2D eigenvalue weighted by Crippen LogP contribution is 2.19. The van der Waals surface area contributed by atoms with Gasteiger partial charge in [-0.25, -0.2) is 5.43 Å². The van der Waals surface area contributed by atoms with E-state index in [-0.39, 0.29) is 11.6 Å². The fourth-order valence-corrected chi connectivity index (χ4v) is 2.33. The number of carbonyl (C=O) groups excluding carboxylic acids is 1. The Morgan fingerprint density at radius 3 is 2.68 bits per heavy atom. The molecule has 0 unspecified atom stereocenters. The zero-order valence-corrected chi connectivity index (χ0v) is 15.0.